The van der Waals surface area contributed by atoms with Gasteiger partial charge in [0, 0.05) is 0 Å². The maximum absolute atomic E-state index is 5.16. The summed E-state index contributed by atoms with van der Waals surface area (Å²) < 4.78 is 0. The highest BCUT2D eigenvalue weighted by Gasteiger charge is 2.19. The predicted molar refractivity (Wildman–Crippen MR) is 45.8 cm³/mol. The Hall–Kier alpha value is -1.02. The zero-order valence-corrected chi connectivity index (χ0v) is 6.90. The first-order chi connectivity index (χ1) is 5.95. The zero-order chi connectivity index (χ0) is 8.23. The summed E-state index contributed by atoms with van der Waals surface area (Å²) in [6, 6.07) is 9.59. The van der Waals surface area contributed by atoms with Gasteiger partial charge in [0.1, 0.15) is 6.10 Å². The molecule has 0 amide bonds. The summed E-state index contributed by atoms with van der Waals surface area (Å²) >= 11 is 0. The van der Waals surface area contributed by atoms with E-state index in [9.17, 15) is 0 Å². The van der Waals surface area contributed by atoms with Gasteiger partial charge in [-0.05, 0) is 31.4 Å². The van der Waals surface area contributed by atoms with Crippen LogP contribution in [0.25, 0.3) is 0 Å². The van der Waals surface area contributed by atoms with Gasteiger partial charge in [0.25, 0.3) is 0 Å². The Labute approximate surface area is 72.0 Å². The molecule has 1 aliphatic rings. The van der Waals surface area contributed by atoms with Crippen LogP contribution in [0, 0.1) is 0 Å². The minimum Gasteiger partial charge on any atom is -0.337 e. The Morgan fingerprint density at radius 2 is 1.83 bits per heavy atom. The fraction of sp³-hybridized carbons (Fsp3) is 0.400. The van der Waals surface area contributed by atoms with Crippen molar-refractivity contribution in [3.8, 4) is 5.75 Å². The first-order valence-corrected chi connectivity index (χ1v) is 4.33. The fourth-order valence-corrected chi connectivity index (χ4v) is 1.07. The number of para-hydroxylation sites is 1. The molecular weight excluding hydrogens is 152 g/mol. The van der Waals surface area contributed by atoms with Crippen LogP contribution >= 0.6 is 0 Å². The van der Waals surface area contributed by atoms with E-state index in [1.165, 1.54) is 6.42 Å². The third kappa shape index (κ3) is 1.77. The molecule has 1 aliphatic carbocycles. The zero-order valence-electron chi connectivity index (χ0n) is 6.90. The molecule has 1 aromatic carbocycles. The molecule has 2 heteroatoms. The van der Waals surface area contributed by atoms with Crippen LogP contribution in [0.15, 0.2) is 30.3 Å². The Kier molecular flexibility index (Phi) is 2.28. The molecule has 1 fully saturated rings. The van der Waals surface area contributed by atoms with Crippen molar-refractivity contribution in [3.05, 3.63) is 30.3 Å². The van der Waals surface area contributed by atoms with E-state index in [0.29, 0.717) is 6.10 Å². The molecule has 0 saturated heterocycles. The summed E-state index contributed by atoms with van der Waals surface area (Å²) in [5.74, 6) is 0.782. The van der Waals surface area contributed by atoms with Gasteiger partial charge >= 0.3 is 0 Å². The minimum absolute atomic E-state index is 0.324. The summed E-state index contributed by atoms with van der Waals surface area (Å²) in [6.45, 7) is 0. The number of hydrogen-bond acceptors (Lipinski definition) is 2. The van der Waals surface area contributed by atoms with Crippen molar-refractivity contribution in [1.82, 2.24) is 0 Å². The topological polar surface area (TPSA) is 18.5 Å². The van der Waals surface area contributed by atoms with E-state index in [1.54, 1.807) is 0 Å². The van der Waals surface area contributed by atoms with Crippen molar-refractivity contribution >= 4 is 0 Å². The molecule has 0 heterocycles. The summed E-state index contributed by atoms with van der Waals surface area (Å²) in [4.78, 5) is 10.3. The van der Waals surface area contributed by atoms with Gasteiger partial charge in [-0.3, -0.25) is 0 Å². The summed E-state index contributed by atoms with van der Waals surface area (Å²) in [5, 5.41) is 0. The second-order valence-electron chi connectivity index (χ2n) is 3.05. The van der Waals surface area contributed by atoms with Crippen LogP contribution < -0.4 is 4.89 Å². The summed E-state index contributed by atoms with van der Waals surface area (Å²) in [5.41, 5.74) is 0. The van der Waals surface area contributed by atoms with Crippen LogP contribution in [0.3, 0.4) is 0 Å². The Balaban J connectivity index is 1.79. The molecular formula is C10H12O2. The molecule has 0 unspecified atom stereocenters. The summed E-state index contributed by atoms with van der Waals surface area (Å²) in [6.07, 6.45) is 3.85. The SMILES string of the molecule is c1ccc(OOC2CCC2)cc1. The molecule has 0 aliphatic heterocycles. The van der Waals surface area contributed by atoms with Gasteiger partial charge in [-0.15, -0.1) is 0 Å². The average molecular weight is 164 g/mol. The van der Waals surface area contributed by atoms with Crippen LogP contribution in [0.5, 0.6) is 5.75 Å². The fourth-order valence-electron chi connectivity index (χ4n) is 1.07. The van der Waals surface area contributed by atoms with Crippen molar-refractivity contribution in [2.45, 2.75) is 25.4 Å². The molecule has 0 atom stereocenters. The average Bonchev–Trinajstić information content (AvgIpc) is 2.04. The lowest BCUT2D eigenvalue weighted by Crippen LogP contribution is -2.22. The molecule has 0 radical (unpaired) electrons. The third-order valence-electron chi connectivity index (χ3n) is 2.08. The van der Waals surface area contributed by atoms with E-state index in [0.717, 1.165) is 18.6 Å². The molecule has 1 aromatic rings. The van der Waals surface area contributed by atoms with Crippen LogP contribution in [-0.4, -0.2) is 6.10 Å². The predicted octanol–water partition coefficient (Wildman–Crippen LogP) is 2.55. The second-order valence-corrected chi connectivity index (χ2v) is 3.05. The van der Waals surface area contributed by atoms with E-state index in [1.807, 2.05) is 30.3 Å². The highest BCUT2D eigenvalue weighted by molar-refractivity contribution is 5.20. The molecule has 2 rings (SSSR count). The first-order valence-electron chi connectivity index (χ1n) is 4.33. The number of benzene rings is 1. The lowest BCUT2D eigenvalue weighted by atomic mass is 9.97. The van der Waals surface area contributed by atoms with Crippen molar-refractivity contribution in [1.29, 1.82) is 0 Å². The molecule has 1 saturated carbocycles. The Bertz CT molecular complexity index is 229. The molecule has 0 bridgehead atoms. The van der Waals surface area contributed by atoms with Gasteiger partial charge in [-0.2, -0.15) is 4.89 Å². The van der Waals surface area contributed by atoms with Crippen molar-refractivity contribution in [3.63, 3.8) is 0 Å². The smallest absolute Gasteiger partial charge is 0.165 e. The van der Waals surface area contributed by atoms with Gasteiger partial charge in [0.05, 0.1) is 0 Å². The van der Waals surface area contributed by atoms with Gasteiger partial charge in [-0.1, -0.05) is 18.2 Å². The molecule has 0 aromatic heterocycles. The largest absolute Gasteiger partial charge is 0.337 e. The molecule has 0 N–H and O–H groups in total. The highest BCUT2D eigenvalue weighted by Crippen LogP contribution is 2.23. The van der Waals surface area contributed by atoms with Crippen molar-refractivity contribution < 1.29 is 9.78 Å². The molecule has 12 heavy (non-hydrogen) atoms. The first kappa shape index (κ1) is 7.62. The third-order valence-corrected chi connectivity index (χ3v) is 2.08. The minimum atomic E-state index is 0.324. The normalized spacial score (nSPS) is 17.0. The Morgan fingerprint density at radius 1 is 1.08 bits per heavy atom. The van der Waals surface area contributed by atoms with E-state index in [2.05, 4.69) is 0 Å². The van der Waals surface area contributed by atoms with E-state index in [4.69, 9.17) is 9.78 Å². The van der Waals surface area contributed by atoms with Crippen molar-refractivity contribution in [2.75, 3.05) is 0 Å². The van der Waals surface area contributed by atoms with Crippen molar-refractivity contribution in [2.24, 2.45) is 0 Å². The monoisotopic (exact) mass is 164 g/mol. The highest BCUT2D eigenvalue weighted by atomic mass is 17.2. The molecule has 64 valence electrons. The van der Waals surface area contributed by atoms with Crippen LogP contribution in [0.4, 0.5) is 0 Å². The van der Waals surface area contributed by atoms with Gasteiger partial charge in [0.15, 0.2) is 5.75 Å². The molecule has 0 spiro atoms. The van der Waals surface area contributed by atoms with E-state index >= 15 is 0 Å². The quantitative estimate of drug-likeness (QED) is 0.505. The second kappa shape index (κ2) is 3.59. The maximum atomic E-state index is 5.16. The lowest BCUT2D eigenvalue weighted by Gasteiger charge is -2.23. The molecule has 2 nitrogen and oxygen atoms in total. The van der Waals surface area contributed by atoms with E-state index < -0.39 is 0 Å². The van der Waals surface area contributed by atoms with Crippen LogP contribution in [-0.2, 0) is 4.89 Å². The van der Waals surface area contributed by atoms with Gasteiger partial charge < -0.3 is 4.89 Å². The Morgan fingerprint density at radius 3 is 2.42 bits per heavy atom. The van der Waals surface area contributed by atoms with Gasteiger partial charge in [0.2, 0.25) is 0 Å². The van der Waals surface area contributed by atoms with Crippen LogP contribution in [0.2, 0.25) is 0 Å². The standard InChI is InChI=1S/C10H12O2/c1-2-5-9(6-3-1)11-12-10-7-4-8-10/h1-3,5-6,10H,4,7-8H2. The van der Waals surface area contributed by atoms with Crippen LogP contribution in [0.1, 0.15) is 19.3 Å². The van der Waals surface area contributed by atoms with Gasteiger partial charge in [-0.25, -0.2) is 0 Å². The lowest BCUT2D eigenvalue weighted by molar-refractivity contribution is -0.261. The maximum Gasteiger partial charge on any atom is 0.165 e. The van der Waals surface area contributed by atoms with E-state index in [-0.39, 0.29) is 0 Å². The number of rotatable bonds is 3. The summed E-state index contributed by atoms with van der Waals surface area (Å²) in [7, 11) is 0. The number of hydrogen-bond donors (Lipinski definition) is 0.